The molecule has 1 aromatic rings. The van der Waals surface area contributed by atoms with Crippen LogP contribution in [0.1, 0.15) is 65.4 Å². The van der Waals surface area contributed by atoms with E-state index in [0.717, 1.165) is 31.3 Å². The van der Waals surface area contributed by atoms with Crippen molar-refractivity contribution in [3.63, 3.8) is 0 Å². The lowest BCUT2D eigenvalue weighted by molar-refractivity contribution is -0.139. The maximum Gasteiger partial charge on any atom is 0.414 e. The molecule has 3 aliphatic rings. The molecule has 222 valence electrons. The van der Waals surface area contributed by atoms with Crippen LogP contribution < -0.4 is 9.80 Å². The molecule has 41 heavy (non-hydrogen) atoms. The first kappa shape index (κ1) is 30.5. The molecular weight excluding hydrogens is 522 g/mol. The van der Waals surface area contributed by atoms with Crippen molar-refractivity contribution in [1.29, 1.82) is 0 Å². The number of aliphatic hydroxyl groups is 2. The zero-order valence-electron chi connectivity index (χ0n) is 24.6. The summed E-state index contributed by atoms with van der Waals surface area (Å²) in [4.78, 5) is 43.7. The number of carbonyl (C=O) groups excluding carboxylic acids is 3. The van der Waals surface area contributed by atoms with Crippen LogP contribution in [0.25, 0.3) is 0 Å². The number of likely N-dealkylation sites (tertiary alicyclic amines) is 1. The van der Waals surface area contributed by atoms with Gasteiger partial charge >= 0.3 is 6.09 Å². The van der Waals surface area contributed by atoms with Gasteiger partial charge in [0.05, 0.1) is 24.9 Å². The van der Waals surface area contributed by atoms with Gasteiger partial charge in [0.1, 0.15) is 6.61 Å². The summed E-state index contributed by atoms with van der Waals surface area (Å²) in [5, 5.41) is 21.6. The Morgan fingerprint density at radius 2 is 1.98 bits per heavy atom. The summed E-state index contributed by atoms with van der Waals surface area (Å²) in [6.07, 6.45) is 10.7. The number of benzene rings is 1. The Morgan fingerprint density at radius 1 is 1.20 bits per heavy atom. The highest BCUT2D eigenvalue weighted by Gasteiger charge is 2.52. The van der Waals surface area contributed by atoms with Crippen LogP contribution in [0.5, 0.6) is 0 Å². The second-order valence-corrected chi connectivity index (χ2v) is 11.5. The van der Waals surface area contributed by atoms with E-state index in [1.807, 2.05) is 13.0 Å². The summed E-state index contributed by atoms with van der Waals surface area (Å²) < 4.78 is 5.10. The Bertz CT molecular complexity index is 1250. The maximum atomic E-state index is 13.9. The van der Waals surface area contributed by atoms with Gasteiger partial charge in [-0.25, -0.2) is 4.79 Å². The van der Waals surface area contributed by atoms with Crippen LogP contribution in [0.2, 0.25) is 0 Å². The highest BCUT2D eigenvalue weighted by molar-refractivity contribution is 6.08. The van der Waals surface area contributed by atoms with Crippen molar-refractivity contribution in [3.8, 4) is 0 Å². The molecule has 3 aliphatic heterocycles. The number of aliphatic hydroxyl groups excluding tert-OH is 1. The largest absolute Gasteiger partial charge is 0.447 e. The van der Waals surface area contributed by atoms with E-state index in [0.29, 0.717) is 36.6 Å². The van der Waals surface area contributed by atoms with E-state index in [-0.39, 0.29) is 31.6 Å². The minimum absolute atomic E-state index is 0.0531. The first-order valence-electron chi connectivity index (χ1n) is 14.6. The minimum Gasteiger partial charge on any atom is -0.447 e. The van der Waals surface area contributed by atoms with Gasteiger partial charge in [-0.3, -0.25) is 14.5 Å². The topological polar surface area (TPSA) is 111 Å². The average Bonchev–Trinajstić information content (AvgIpc) is 3.65. The molecule has 3 amide bonds. The SMILES string of the molecule is CC(C)=CCC/C(C)=C/CN1C(=O)[C@](O)([C@H](C)/C=C/CC(=O)N2CCC[C@H]2CO)c2cc(N3CCOC3=O)ccc21. The smallest absolute Gasteiger partial charge is 0.414 e. The number of anilines is 2. The fourth-order valence-electron chi connectivity index (χ4n) is 5.83. The minimum atomic E-state index is -1.88. The number of cyclic esters (lactones) is 1. The Hall–Kier alpha value is -3.43. The summed E-state index contributed by atoms with van der Waals surface area (Å²) in [5.41, 5.74) is 2.13. The standard InChI is InChI=1S/C32H43N3O6/c1-22(2)8-5-9-23(3)15-17-35-28-14-13-25(34-18-19-41-31(34)39)20-27(28)32(40,30(35)38)24(4)10-6-12-29(37)33-16-7-11-26(33)21-36/h6,8,10,13-15,20,24,26,36,40H,5,7,9,11-12,16-19,21H2,1-4H3/b10-6+,23-15+/t24-,26+,32+/m1/s1. The first-order valence-corrected chi connectivity index (χ1v) is 14.6. The highest BCUT2D eigenvalue weighted by Crippen LogP contribution is 2.47. The van der Waals surface area contributed by atoms with Crippen LogP contribution in [0.3, 0.4) is 0 Å². The maximum absolute atomic E-state index is 13.9. The Labute approximate surface area is 242 Å². The van der Waals surface area contributed by atoms with Crippen molar-refractivity contribution in [2.45, 2.75) is 71.4 Å². The molecule has 2 N–H and O–H groups in total. The number of nitrogens with zero attached hydrogens (tertiary/aromatic N) is 3. The van der Waals surface area contributed by atoms with E-state index in [1.165, 1.54) is 10.5 Å². The molecule has 3 atom stereocenters. The number of fused-ring (bicyclic) bond motifs is 1. The monoisotopic (exact) mass is 565 g/mol. The number of hydrogen-bond donors (Lipinski definition) is 2. The molecular formula is C32H43N3O6. The quantitative estimate of drug-likeness (QED) is 0.384. The molecule has 0 saturated carbocycles. The Balaban J connectivity index is 1.59. The Morgan fingerprint density at radius 3 is 2.66 bits per heavy atom. The first-order chi connectivity index (χ1) is 19.6. The molecule has 0 radical (unpaired) electrons. The van der Waals surface area contributed by atoms with E-state index in [4.69, 9.17) is 4.74 Å². The van der Waals surface area contributed by atoms with E-state index >= 15 is 0 Å². The zero-order valence-corrected chi connectivity index (χ0v) is 24.6. The molecule has 2 saturated heterocycles. The molecule has 9 heteroatoms. The average molecular weight is 566 g/mol. The second-order valence-electron chi connectivity index (χ2n) is 11.5. The second kappa shape index (κ2) is 13.0. The fourth-order valence-corrected chi connectivity index (χ4v) is 5.83. The number of hydrogen-bond acceptors (Lipinski definition) is 6. The van der Waals surface area contributed by atoms with Crippen molar-refractivity contribution in [2.75, 3.05) is 42.6 Å². The van der Waals surface area contributed by atoms with Gasteiger partial charge in [-0.2, -0.15) is 0 Å². The summed E-state index contributed by atoms with van der Waals surface area (Å²) in [6.45, 7) is 9.50. The lowest BCUT2D eigenvalue weighted by atomic mass is 9.82. The van der Waals surface area contributed by atoms with Gasteiger partial charge in [0.25, 0.3) is 5.91 Å². The predicted octanol–water partition coefficient (Wildman–Crippen LogP) is 4.44. The van der Waals surface area contributed by atoms with Crippen LogP contribution in [0, 0.1) is 5.92 Å². The van der Waals surface area contributed by atoms with Gasteiger partial charge < -0.3 is 24.7 Å². The van der Waals surface area contributed by atoms with Crippen LogP contribution in [-0.4, -0.2) is 71.9 Å². The lowest BCUT2D eigenvalue weighted by Gasteiger charge is -2.28. The van der Waals surface area contributed by atoms with E-state index in [9.17, 15) is 24.6 Å². The summed E-state index contributed by atoms with van der Waals surface area (Å²) in [5.74, 6) is -1.17. The molecule has 3 heterocycles. The molecule has 0 spiro atoms. The molecule has 0 bridgehead atoms. The van der Waals surface area contributed by atoms with Crippen LogP contribution in [-0.2, 0) is 19.9 Å². The van der Waals surface area contributed by atoms with Crippen molar-refractivity contribution >= 4 is 29.3 Å². The molecule has 4 rings (SSSR count). The van der Waals surface area contributed by atoms with E-state index in [2.05, 4.69) is 19.9 Å². The van der Waals surface area contributed by atoms with Gasteiger partial charge in [0.2, 0.25) is 5.91 Å². The predicted molar refractivity (Wildman–Crippen MR) is 159 cm³/mol. The summed E-state index contributed by atoms with van der Waals surface area (Å²) in [7, 11) is 0. The van der Waals surface area contributed by atoms with Gasteiger partial charge in [0.15, 0.2) is 5.60 Å². The molecule has 0 aromatic heterocycles. The third kappa shape index (κ3) is 6.41. The van der Waals surface area contributed by atoms with Crippen LogP contribution in [0.4, 0.5) is 16.2 Å². The van der Waals surface area contributed by atoms with Gasteiger partial charge in [-0.1, -0.05) is 42.4 Å². The number of allylic oxidation sites excluding steroid dienone is 3. The third-order valence-corrected chi connectivity index (χ3v) is 8.32. The molecule has 0 unspecified atom stereocenters. The van der Waals surface area contributed by atoms with Crippen molar-refractivity contribution < 1.29 is 29.3 Å². The summed E-state index contributed by atoms with van der Waals surface area (Å²) in [6, 6.07) is 5.11. The Kier molecular flexibility index (Phi) is 9.71. The van der Waals surface area contributed by atoms with E-state index < -0.39 is 23.5 Å². The number of ether oxygens (including phenoxy) is 1. The van der Waals surface area contributed by atoms with Crippen LogP contribution in [0.15, 0.2) is 53.6 Å². The molecule has 2 fully saturated rings. The fraction of sp³-hybridized carbons (Fsp3) is 0.531. The summed E-state index contributed by atoms with van der Waals surface area (Å²) >= 11 is 0. The third-order valence-electron chi connectivity index (χ3n) is 8.32. The zero-order chi connectivity index (χ0) is 29.7. The van der Waals surface area contributed by atoms with Crippen LogP contribution >= 0.6 is 0 Å². The normalized spacial score (nSPS) is 23.4. The molecule has 1 aromatic carbocycles. The number of amides is 3. The van der Waals surface area contributed by atoms with Gasteiger partial charge in [-0.05, 0) is 64.7 Å². The molecule has 9 nitrogen and oxygen atoms in total. The number of rotatable bonds is 11. The van der Waals surface area contributed by atoms with Gasteiger partial charge in [-0.15, -0.1) is 0 Å². The highest BCUT2D eigenvalue weighted by atomic mass is 16.6. The van der Waals surface area contributed by atoms with Crippen molar-refractivity contribution in [1.82, 2.24) is 4.90 Å². The number of carbonyl (C=O) groups is 3. The molecule has 0 aliphatic carbocycles. The lowest BCUT2D eigenvalue weighted by Crippen LogP contribution is -2.44. The van der Waals surface area contributed by atoms with Crippen molar-refractivity contribution in [2.24, 2.45) is 5.92 Å². The van der Waals surface area contributed by atoms with Crippen molar-refractivity contribution in [3.05, 3.63) is 59.2 Å². The van der Waals surface area contributed by atoms with Gasteiger partial charge in [0, 0.05) is 36.7 Å². The van der Waals surface area contributed by atoms with E-state index in [1.54, 1.807) is 47.1 Å².